The van der Waals surface area contributed by atoms with Gasteiger partial charge in [-0.05, 0) is 0 Å². The van der Waals surface area contributed by atoms with Crippen molar-refractivity contribution in [3.8, 4) is 0 Å². The van der Waals surface area contributed by atoms with Crippen molar-refractivity contribution in [1.82, 2.24) is 0 Å². The summed E-state index contributed by atoms with van der Waals surface area (Å²) in [6, 6.07) is 0. The van der Waals surface area contributed by atoms with Crippen molar-refractivity contribution in [1.29, 1.82) is 0 Å². The second-order valence-corrected chi connectivity index (χ2v) is 2.01. The molecule has 0 unspecified atom stereocenters. The van der Waals surface area contributed by atoms with Crippen molar-refractivity contribution in [2.75, 3.05) is 0 Å². The van der Waals surface area contributed by atoms with Crippen LogP contribution in [0.5, 0.6) is 0 Å². The summed E-state index contributed by atoms with van der Waals surface area (Å²) in [5.41, 5.74) is 0. The van der Waals surface area contributed by atoms with Gasteiger partial charge in [-0.25, -0.2) is 0 Å². The maximum atomic E-state index is 8.48. The van der Waals surface area contributed by atoms with Crippen LogP contribution in [-0.4, -0.2) is 0 Å². The van der Waals surface area contributed by atoms with Gasteiger partial charge in [-0.2, -0.15) is 0 Å². The van der Waals surface area contributed by atoms with Gasteiger partial charge in [0.05, 0.1) is 0 Å². The van der Waals surface area contributed by atoms with Gasteiger partial charge in [0.25, 0.3) is 24.8 Å². The van der Waals surface area contributed by atoms with Crippen LogP contribution in [0.1, 0.15) is 5.71 Å². The summed E-state index contributed by atoms with van der Waals surface area (Å²) in [7, 11) is -10.1. The molecule has 0 heterocycles. The molecule has 0 aromatic heterocycles. The maximum absolute atomic E-state index is 8.48. The Morgan fingerprint density at radius 1 is 0.571 bits per heavy atom. The molecule has 72 valence electrons. The SMILES string of the molecule is O=[P+]([O-])[O-].O=[P+]([O-])[O-].O=[P+]([O-])[O-].[H+].[H+].[H+].[H+].[K+].[K+]. The zero-order valence-electron chi connectivity index (χ0n) is 11.0. The van der Waals surface area contributed by atoms with E-state index in [4.69, 9.17) is 43.1 Å². The predicted octanol–water partition coefficient (Wildman–Crippen LogP) is -10.4. The van der Waals surface area contributed by atoms with Crippen molar-refractivity contribution >= 4 is 24.8 Å². The van der Waals surface area contributed by atoms with Crippen molar-refractivity contribution in [3.05, 3.63) is 0 Å². The van der Waals surface area contributed by atoms with E-state index in [1.165, 1.54) is 0 Å². The summed E-state index contributed by atoms with van der Waals surface area (Å²) in [6.45, 7) is 0. The zero-order valence-corrected chi connectivity index (χ0v) is 15.9. The maximum Gasteiger partial charge on any atom is 1.00 e. The average molecular weight is 319 g/mol. The number of hydrogen-bond acceptors (Lipinski definition) is 9. The number of rotatable bonds is 0. The molecule has 0 fully saturated rings. The Kier molecular flexibility index (Phi) is 54.8. The van der Waals surface area contributed by atoms with E-state index >= 15 is 0 Å². The third kappa shape index (κ3) is 284. The molecule has 0 bridgehead atoms. The molecule has 0 aromatic carbocycles. The third-order valence-corrected chi connectivity index (χ3v) is 0. The van der Waals surface area contributed by atoms with Gasteiger partial charge >= 0.3 is 108 Å². The summed E-state index contributed by atoms with van der Waals surface area (Å²) in [6.07, 6.45) is 0. The summed E-state index contributed by atoms with van der Waals surface area (Å²) in [4.78, 5) is 50.9. The molecule has 0 rings (SSSR count). The fourth-order valence-electron chi connectivity index (χ4n) is 0. The Hall–Kier alpha value is 3.33. The van der Waals surface area contributed by atoms with Gasteiger partial charge in [-0.1, -0.05) is 13.7 Å². The molecule has 14 heteroatoms. The first-order chi connectivity index (χ1) is 5.20. The largest absolute Gasteiger partial charge is 1.00 e. The average Bonchev–Trinajstić information content (AvgIpc) is 1.54. The van der Waals surface area contributed by atoms with Crippen molar-refractivity contribution in [2.45, 2.75) is 0 Å². The first kappa shape index (κ1) is 30.4. The second-order valence-electron chi connectivity index (χ2n) is 0.671. The van der Waals surface area contributed by atoms with Crippen LogP contribution in [0.15, 0.2) is 0 Å². The molecule has 0 aliphatic heterocycles. The molecule has 0 aromatic rings. The summed E-state index contributed by atoms with van der Waals surface area (Å²) in [5, 5.41) is 0. The van der Waals surface area contributed by atoms with Crippen LogP contribution >= 0.6 is 24.8 Å². The predicted molar refractivity (Wildman–Crippen MR) is 27.3 cm³/mol. The topological polar surface area (TPSA) is 190 Å². The molecule has 0 radical (unpaired) electrons. The fourth-order valence-corrected chi connectivity index (χ4v) is 0. The Morgan fingerprint density at radius 2 is 0.571 bits per heavy atom. The van der Waals surface area contributed by atoms with Gasteiger partial charge in [0.15, 0.2) is 0 Å². The zero-order chi connectivity index (χ0) is 10.7. The van der Waals surface area contributed by atoms with Crippen LogP contribution in [0.4, 0.5) is 0 Å². The molecule has 9 nitrogen and oxygen atoms in total. The molecule has 0 aliphatic rings. The second kappa shape index (κ2) is 25.2. The standard InChI is InChI=1S/2K.3HO3P/c;;3*1-4(2)3/h;;3*(H,1,2,3)/q2*+1;;;/p+1. The van der Waals surface area contributed by atoms with Gasteiger partial charge in [0.2, 0.25) is 0 Å². The van der Waals surface area contributed by atoms with Crippen LogP contribution in [0.2, 0.25) is 0 Å². The van der Waals surface area contributed by atoms with E-state index < -0.39 is 24.8 Å². The van der Waals surface area contributed by atoms with Gasteiger partial charge < -0.3 is 29.4 Å². The molecule has 0 saturated carbocycles. The molecular formula is H4K2O9P3+3. The van der Waals surface area contributed by atoms with E-state index in [2.05, 4.69) is 0 Å². The molecule has 0 N–H and O–H groups in total. The Morgan fingerprint density at radius 3 is 0.571 bits per heavy atom. The summed E-state index contributed by atoms with van der Waals surface area (Å²) >= 11 is 0. The molecule has 0 atom stereocenters. The van der Waals surface area contributed by atoms with E-state index in [0.29, 0.717) is 0 Å². The Labute approximate surface area is 173 Å². The molecule has 0 amide bonds. The minimum absolute atomic E-state index is 0. The van der Waals surface area contributed by atoms with E-state index in [9.17, 15) is 0 Å². The van der Waals surface area contributed by atoms with Crippen LogP contribution < -0.4 is 132 Å². The van der Waals surface area contributed by atoms with Gasteiger partial charge in [0.1, 0.15) is 0 Å². The molecular weight excluding hydrogens is 315 g/mol. The summed E-state index contributed by atoms with van der Waals surface area (Å²) < 4.78 is 25.4. The van der Waals surface area contributed by atoms with E-state index in [1.807, 2.05) is 0 Å². The van der Waals surface area contributed by atoms with E-state index in [1.54, 1.807) is 0 Å². The molecule has 0 aliphatic carbocycles. The molecule has 14 heavy (non-hydrogen) atoms. The first-order valence-corrected chi connectivity index (χ1v) is 4.93. The normalized spacial score (nSPS) is 5.57. The minimum Gasteiger partial charge on any atom is -0.598 e. The number of hydrogen-bond donors (Lipinski definition) is 0. The molecule has 0 saturated heterocycles. The van der Waals surface area contributed by atoms with Crippen LogP contribution in [-0.2, 0) is 13.7 Å². The smallest absolute Gasteiger partial charge is 0.598 e. The minimum atomic E-state index is -3.37. The van der Waals surface area contributed by atoms with Crippen LogP contribution in [0, 0.1) is 0 Å². The van der Waals surface area contributed by atoms with Crippen molar-refractivity contribution < 1.29 is 152 Å². The van der Waals surface area contributed by atoms with Crippen molar-refractivity contribution in [2.24, 2.45) is 0 Å². The van der Waals surface area contributed by atoms with Gasteiger partial charge in [-0.3, -0.25) is 0 Å². The summed E-state index contributed by atoms with van der Waals surface area (Å²) in [5.74, 6) is 0. The first-order valence-electron chi connectivity index (χ1n) is 1.64. The molecule has 0 spiro atoms. The van der Waals surface area contributed by atoms with Gasteiger partial charge in [-0.15, -0.1) is 0 Å². The monoisotopic (exact) mass is 319 g/mol. The third-order valence-electron chi connectivity index (χ3n) is 0. The van der Waals surface area contributed by atoms with Crippen molar-refractivity contribution in [3.63, 3.8) is 0 Å². The Balaban J connectivity index is -0.00000000827. The van der Waals surface area contributed by atoms with E-state index in [0.717, 1.165) is 0 Å². The Bertz CT molecular complexity index is 129. The van der Waals surface area contributed by atoms with E-state index in [-0.39, 0.29) is 108 Å². The quantitative estimate of drug-likeness (QED) is 0.308. The van der Waals surface area contributed by atoms with Crippen LogP contribution in [0.25, 0.3) is 0 Å². The van der Waals surface area contributed by atoms with Crippen LogP contribution in [0.3, 0.4) is 0 Å². The fraction of sp³-hybridized carbons (Fsp3) is 0. The van der Waals surface area contributed by atoms with Gasteiger partial charge in [0, 0.05) is 0 Å².